The van der Waals surface area contributed by atoms with Crippen LogP contribution in [0.3, 0.4) is 0 Å². The van der Waals surface area contributed by atoms with Gasteiger partial charge in [0.25, 0.3) is 5.56 Å². The number of hydrogen-bond acceptors (Lipinski definition) is 5. The van der Waals surface area contributed by atoms with Gasteiger partial charge in [0.2, 0.25) is 5.91 Å². The molecule has 3 aromatic rings. The smallest absolute Gasteiger partial charge is 0.272 e. The van der Waals surface area contributed by atoms with Crippen LogP contribution in [0.15, 0.2) is 71.7 Å². The number of allylic oxidation sites excluding steroid dienone is 1. The van der Waals surface area contributed by atoms with E-state index in [1.807, 2.05) is 36.4 Å². The number of hydrogen-bond donors (Lipinski definition) is 1. The molecular formula is C20H19N3O2S2. The van der Waals surface area contributed by atoms with E-state index in [0.717, 1.165) is 10.4 Å². The Kier molecular flexibility index (Phi) is 6.26. The van der Waals surface area contributed by atoms with Gasteiger partial charge in [0.15, 0.2) is 5.16 Å². The Hall–Kier alpha value is -2.64. The number of amides is 1. The van der Waals surface area contributed by atoms with E-state index in [-0.39, 0.29) is 17.2 Å². The molecule has 0 aliphatic heterocycles. The van der Waals surface area contributed by atoms with Crippen molar-refractivity contribution in [2.45, 2.75) is 11.7 Å². The molecule has 0 atom stereocenters. The summed E-state index contributed by atoms with van der Waals surface area (Å²) in [6.45, 7) is 8.05. The molecule has 0 aliphatic carbocycles. The zero-order chi connectivity index (χ0) is 19.2. The summed E-state index contributed by atoms with van der Waals surface area (Å²) in [5.41, 5.74) is 1.59. The number of nitrogens with zero attached hydrogens (tertiary/aromatic N) is 2. The Balaban J connectivity index is 1.98. The van der Waals surface area contributed by atoms with Gasteiger partial charge in [-0.2, -0.15) is 0 Å². The number of thioether (sulfide) groups is 1. The van der Waals surface area contributed by atoms with Crippen molar-refractivity contribution in [3.63, 3.8) is 0 Å². The Morgan fingerprint density at radius 1 is 1.26 bits per heavy atom. The van der Waals surface area contributed by atoms with Gasteiger partial charge < -0.3 is 5.32 Å². The minimum Gasteiger partial charge on any atom is -0.352 e. The Labute approximate surface area is 165 Å². The second kappa shape index (κ2) is 8.83. The molecule has 138 valence electrons. The third kappa shape index (κ3) is 4.37. The minimum absolute atomic E-state index is 0.110. The fourth-order valence-electron chi connectivity index (χ4n) is 2.50. The molecule has 2 heterocycles. The minimum atomic E-state index is -0.130. The molecule has 5 nitrogen and oxygen atoms in total. The summed E-state index contributed by atoms with van der Waals surface area (Å²) in [4.78, 5) is 30.5. The lowest BCUT2D eigenvalue weighted by Crippen LogP contribution is -2.26. The van der Waals surface area contributed by atoms with E-state index < -0.39 is 0 Å². The second-order valence-corrected chi connectivity index (χ2v) is 7.67. The lowest BCUT2D eigenvalue weighted by atomic mass is 10.2. The fraction of sp³-hybridized carbons (Fsp3) is 0.150. The summed E-state index contributed by atoms with van der Waals surface area (Å²) in [7, 11) is 0. The number of carbonyl (C=O) groups is 1. The van der Waals surface area contributed by atoms with Crippen LogP contribution in [-0.4, -0.2) is 27.8 Å². The first-order chi connectivity index (χ1) is 13.1. The lowest BCUT2D eigenvalue weighted by molar-refractivity contribution is -0.118. The molecule has 0 unspecified atom stereocenters. The van der Waals surface area contributed by atoms with Crippen LogP contribution in [-0.2, 0) is 11.3 Å². The number of benzene rings is 1. The summed E-state index contributed by atoms with van der Waals surface area (Å²) >= 11 is 2.67. The van der Waals surface area contributed by atoms with Crippen molar-refractivity contribution < 1.29 is 4.79 Å². The van der Waals surface area contributed by atoms with Crippen molar-refractivity contribution >= 4 is 39.2 Å². The van der Waals surface area contributed by atoms with Gasteiger partial charge in [-0.05, 0) is 11.6 Å². The predicted octanol–water partition coefficient (Wildman–Crippen LogP) is 3.71. The highest BCUT2D eigenvalue weighted by molar-refractivity contribution is 7.99. The van der Waals surface area contributed by atoms with Gasteiger partial charge >= 0.3 is 0 Å². The summed E-state index contributed by atoms with van der Waals surface area (Å²) in [6.07, 6.45) is 3.28. The summed E-state index contributed by atoms with van der Waals surface area (Å²) in [5, 5.41) is 3.23. The monoisotopic (exact) mass is 397 g/mol. The van der Waals surface area contributed by atoms with Crippen LogP contribution in [0.25, 0.3) is 20.7 Å². The molecule has 0 aliphatic rings. The molecular weight excluding hydrogens is 378 g/mol. The summed E-state index contributed by atoms with van der Waals surface area (Å²) < 4.78 is 2.17. The zero-order valence-electron chi connectivity index (χ0n) is 14.7. The predicted molar refractivity (Wildman–Crippen MR) is 113 cm³/mol. The fourth-order valence-corrected chi connectivity index (χ4v) is 4.39. The first-order valence-electron chi connectivity index (χ1n) is 8.35. The first kappa shape index (κ1) is 19.1. The quantitative estimate of drug-likeness (QED) is 0.358. The van der Waals surface area contributed by atoms with Gasteiger partial charge in [0, 0.05) is 18.0 Å². The largest absolute Gasteiger partial charge is 0.352 e. The van der Waals surface area contributed by atoms with Gasteiger partial charge in [0.1, 0.15) is 4.70 Å². The lowest BCUT2D eigenvalue weighted by Gasteiger charge is -2.09. The van der Waals surface area contributed by atoms with E-state index in [0.29, 0.717) is 28.5 Å². The molecule has 0 saturated heterocycles. The maximum absolute atomic E-state index is 13.0. The number of nitrogens with one attached hydrogen (secondary N) is 1. The Bertz CT molecular complexity index is 1040. The van der Waals surface area contributed by atoms with Crippen LogP contribution in [0, 0.1) is 0 Å². The number of thiophene rings is 1. The van der Waals surface area contributed by atoms with E-state index in [9.17, 15) is 9.59 Å². The average molecular weight is 398 g/mol. The standard InChI is InChI=1S/C20H19N3O2S2/c1-3-10-21-17(24)13-26-20-22-15-12-16(14-8-6-5-7-9-14)27-18(15)19(25)23(20)11-4-2/h3-9,12H,1-2,10-11,13H2,(H,21,24). The van der Waals surface area contributed by atoms with Gasteiger partial charge in [-0.1, -0.05) is 54.2 Å². The molecule has 3 rings (SSSR count). The van der Waals surface area contributed by atoms with Crippen LogP contribution in [0.4, 0.5) is 0 Å². The molecule has 0 saturated carbocycles. The highest BCUT2D eigenvalue weighted by Gasteiger charge is 2.15. The molecule has 7 heteroatoms. The van der Waals surface area contributed by atoms with Crippen LogP contribution in [0.2, 0.25) is 0 Å². The zero-order valence-corrected chi connectivity index (χ0v) is 16.3. The highest BCUT2D eigenvalue weighted by atomic mass is 32.2. The number of rotatable bonds is 8. The van der Waals surface area contributed by atoms with Crippen LogP contribution >= 0.6 is 23.1 Å². The number of carbonyl (C=O) groups excluding carboxylic acids is 1. The maximum atomic E-state index is 13.0. The van der Waals surface area contributed by atoms with Crippen molar-refractivity contribution in [2.24, 2.45) is 0 Å². The van der Waals surface area contributed by atoms with Crippen LogP contribution < -0.4 is 10.9 Å². The van der Waals surface area contributed by atoms with Gasteiger partial charge in [-0.15, -0.1) is 24.5 Å². The van der Waals surface area contributed by atoms with E-state index >= 15 is 0 Å². The summed E-state index contributed by atoms with van der Waals surface area (Å²) in [5.74, 6) is 0.0493. The molecule has 1 N–H and O–H groups in total. The molecule has 1 aromatic carbocycles. The van der Waals surface area contributed by atoms with E-state index in [2.05, 4.69) is 23.5 Å². The van der Waals surface area contributed by atoms with Crippen LogP contribution in [0.1, 0.15) is 0 Å². The Morgan fingerprint density at radius 2 is 2.04 bits per heavy atom. The van der Waals surface area contributed by atoms with E-state index in [1.54, 1.807) is 16.7 Å². The van der Waals surface area contributed by atoms with Gasteiger partial charge in [-0.25, -0.2) is 4.98 Å². The molecule has 27 heavy (non-hydrogen) atoms. The normalized spacial score (nSPS) is 10.7. The van der Waals surface area contributed by atoms with Crippen molar-refractivity contribution in [1.29, 1.82) is 0 Å². The number of aromatic nitrogens is 2. The van der Waals surface area contributed by atoms with Crippen molar-refractivity contribution in [2.75, 3.05) is 12.3 Å². The highest BCUT2D eigenvalue weighted by Crippen LogP contribution is 2.31. The second-order valence-electron chi connectivity index (χ2n) is 5.67. The average Bonchev–Trinajstić information content (AvgIpc) is 3.12. The van der Waals surface area contributed by atoms with Crippen LogP contribution in [0.5, 0.6) is 0 Å². The summed E-state index contributed by atoms with van der Waals surface area (Å²) in [6, 6.07) is 11.8. The van der Waals surface area contributed by atoms with Gasteiger partial charge in [0.05, 0.1) is 11.3 Å². The molecule has 0 spiro atoms. The van der Waals surface area contributed by atoms with Crippen molar-refractivity contribution in [3.8, 4) is 10.4 Å². The molecule has 0 radical (unpaired) electrons. The Morgan fingerprint density at radius 3 is 2.74 bits per heavy atom. The molecule has 1 amide bonds. The number of fused-ring (bicyclic) bond motifs is 1. The van der Waals surface area contributed by atoms with Gasteiger partial charge in [-0.3, -0.25) is 14.2 Å². The van der Waals surface area contributed by atoms with E-state index in [1.165, 1.54) is 23.1 Å². The topological polar surface area (TPSA) is 64.0 Å². The third-order valence-corrected chi connectivity index (χ3v) is 5.88. The maximum Gasteiger partial charge on any atom is 0.272 e. The van der Waals surface area contributed by atoms with E-state index in [4.69, 9.17) is 0 Å². The first-order valence-corrected chi connectivity index (χ1v) is 10.2. The van der Waals surface area contributed by atoms with Crippen molar-refractivity contribution in [1.82, 2.24) is 14.9 Å². The van der Waals surface area contributed by atoms with Crippen molar-refractivity contribution in [3.05, 3.63) is 72.1 Å². The molecule has 2 aromatic heterocycles. The third-order valence-electron chi connectivity index (χ3n) is 3.74. The SMILES string of the molecule is C=CCNC(=O)CSc1nc2cc(-c3ccccc3)sc2c(=O)n1CC=C. The molecule has 0 fully saturated rings. The molecule has 0 bridgehead atoms.